The molecule has 3 aromatic rings. The van der Waals surface area contributed by atoms with Crippen molar-refractivity contribution < 1.29 is 9.13 Å². The predicted molar refractivity (Wildman–Crippen MR) is 90.8 cm³/mol. The highest BCUT2D eigenvalue weighted by Gasteiger charge is 2.17. The highest BCUT2D eigenvalue weighted by atomic mass is 35.5. The molecule has 0 bridgehead atoms. The van der Waals surface area contributed by atoms with Gasteiger partial charge < -0.3 is 4.74 Å². The van der Waals surface area contributed by atoms with Gasteiger partial charge in [-0.3, -0.25) is 0 Å². The first kappa shape index (κ1) is 16.5. The molecule has 2 heterocycles. The summed E-state index contributed by atoms with van der Waals surface area (Å²) in [6, 6.07) is 4.61. The molecule has 7 heteroatoms. The first-order valence-corrected chi connectivity index (χ1v) is 7.88. The lowest BCUT2D eigenvalue weighted by Gasteiger charge is -2.12. The predicted octanol–water partition coefficient (Wildman–Crippen LogP) is 4.28. The number of fused-ring (bicyclic) bond motifs is 1. The Hall–Kier alpha value is -2.34. The zero-order valence-corrected chi connectivity index (χ0v) is 14.5. The fourth-order valence-electron chi connectivity index (χ4n) is 2.31. The second kappa shape index (κ2) is 6.28. The van der Waals surface area contributed by atoms with Gasteiger partial charge in [0, 0.05) is 11.6 Å². The average molecular weight is 347 g/mol. The molecule has 1 aromatic carbocycles. The Morgan fingerprint density at radius 3 is 2.42 bits per heavy atom. The first-order chi connectivity index (χ1) is 11.3. The summed E-state index contributed by atoms with van der Waals surface area (Å²) in [4.78, 5) is 17.1. The van der Waals surface area contributed by atoms with Crippen molar-refractivity contribution >= 4 is 22.8 Å². The van der Waals surface area contributed by atoms with E-state index in [1.165, 1.54) is 6.07 Å². The maximum atomic E-state index is 14.6. The van der Waals surface area contributed by atoms with Gasteiger partial charge in [-0.25, -0.2) is 19.3 Å². The zero-order chi connectivity index (χ0) is 17.4. The van der Waals surface area contributed by atoms with Gasteiger partial charge in [0.1, 0.15) is 22.8 Å². The second-order valence-electron chi connectivity index (χ2n) is 5.72. The number of benzene rings is 1. The molecule has 0 fully saturated rings. The van der Waals surface area contributed by atoms with Crippen LogP contribution in [0.5, 0.6) is 5.75 Å². The molecule has 0 N–H and O–H groups in total. The van der Waals surface area contributed by atoms with E-state index in [1.807, 2.05) is 27.7 Å². The molecule has 0 unspecified atom stereocenters. The van der Waals surface area contributed by atoms with Crippen LogP contribution in [0.2, 0.25) is 5.28 Å². The molecule has 0 atom stereocenters. The lowest BCUT2D eigenvalue weighted by Crippen LogP contribution is -2.06. The number of halogens is 2. The van der Waals surface area contributed by atoms with Crippen LogP contribution in [0, 0.1) is 19.7 Å². The van der Waals surface area contributed by atoms with Crippen LogP contribution in [0.15, 0.2) is 18.2 Å². The van der Waals surface area contributed by atoms with Gasteiger partial charge in [0.05, 0.1) is 17.5 Å². The van der Waals surface area contributed by atoms with E-state index in [4.69, 9.17) is 16.3 Å². The summed E-state index contributed by atoms with van der Waals surface area (Å²) in [5.74, 6) is -0.0157. The van der Waals surface area contributed by atoms with E-state index in [0.717, 1.165) is 11.4 Å². The van der Waals surface area contributed by atoms with Gasteiger partial charge in [0.2, 0.25) is 5.28 Å². The summed E-state index contributed by atoms with van der Waals surface area (Å²) in [5, 5.41) is -0.00281. The summed E-state index contributed by atoms with van der Waals surface area (Å²) in [7, 11) is 0. The first-order valence-electron chi connectivity index (χ1n) is 7.50. The third-order valence-electron chi connectivity index (χ3n) is 3.48. The summed E-state index contributed by atoms with van der Waals surface area (Å²) in [5.41, 5.74) is 2.82. The second-order valence-corrected chi connectivity index (χ2v) is 6.05. The van der Waals surface area contributed by atoms with Gasteiger partial charge in [0.15, 0.2) is 5.65 Å². The molecule has 3 rings (SSSR count). The Morgan fingerprint density at radius 2 is 1.75 bits per heavy atom. The van der Waals surface area contributed by atoms with Crippen molar-refractivity contribution in [2.75, 3.05) is 0 Å². The highest BCUT2D eigenvalue weighted by molar-refractivity contribution is 6.28. The third-order valence-corrected chi connectivity index (χ3v) is 3.65. The van der Waals surface area contributed by atoms with Crippen LogP contribution in [-0.4, -0.2) is 26.0 Å². The van der Waals surface area contributed by atoms with E-state index in [9.17, 15) is 4.39 Å². The van der Waals surface area contributed by atoms with Crippen LogP contribution < -0.4 is 4.74 Å². The van der Waals surface area contributed by atoms with Crippen molar-refractivity contribution in [1.29, 1.82) is 0 Å². The Morgan fingerprint density at radius 1 is 1.04 bits per heavy atom. The number of aromatic nitrogens is 4. The van der Waals surface area contributed by atoms with Crippen molar-refractivity contribution in [1.82, 2.24) is 19.9 Å². The van der Waals surface area contributed by atoms with Gasteiger partial charge in [0.25, 0.3) is 0 Å². The smallest absolute Gasteiger partial charge is 0.225 e. The molecule has 0 aliphatic rings. The Kier molecular flexibility index (Phi) is 4.32. The van der Waals surface area contributed by atoms with Gasteiger partial charge in [-0.1, -0.05) is 0 Å². The fourth-order valence-corrected chi connectivity index (χ4v) is 2.47. The molecule has 0 aliphatic carbocycles. The lowest BCUT2D eigenvalue weighted by molar-refractivity contribution is 0.241. The average Bonchev–Trinajstić information content (AvgIpc) is 2.48. The Labute approximate surface area is 143 Å². The van der Waals surface area contributed by atoms with E-state index in [-0.39, 0.29) is 17.0 Å². The minimum Gasteiger partial charge on any atom is -0.491 e. The van der Waals surface area contributed by atoms with E-state index in [1.54, 1.807) is 12.1 Å². The van der Waals surface area contributed by atoms with Gasteiger partial charge in [-0.05, 0) is 51.4 Å². The van der Waals surface area contributed by atoms with E-state index >= 15 is 0 Å². The SMILES string of the molecule is Cc1nc2nc(Cl)nc(-c3ccc(OC(C)C)cc3F)c2nc1C. The van der Waals surface area contributed by atoms with Gasteiger partial charge in [-0.2, -0.15) is 4.98 Å². The number of rotatable bonds is 3. The topological polar surface area (TPSA) is 60.8 Å². The maximum absolute atomic E-state index is 14.6. The molecule has 24 heavy (non-hydrogen) atoms. The lowest BCUT2D eigenvalue weighted by atomic mass is 10.1. The van der Waals surface area contributed by atoms with Gasteiger partial charge in [-0.15, -0.1) is 0 Å². The van der Waals surface area contributed by atoms with Crippen molar-refractivity contribution in [2.24, 2.45) is 0 Å². The minimum absolute atomic E-state index is 0.00281. The summed E-state index contributed by atoms with van der Waals surface area (Å²) in [6.45, 7) is 7.42. The molecule has 2 aromatic heterocycles. The third kappa shape index (κ3) is 3.14. The molecule has 0 radical (unpaired) electrons. The Balaban J connectivity index is 2.20. The van der Waals surface area contributed by atoms with Crippen molar-refractivity contribution in [3.63, 3.8) is 0 Å². The standard InChI is InChI=1S/C17H16ClFN4O/c1-8(2)24-11-5-6-12(13(19)7-11)14-15-16(23-17(18)22-14)21-10(4)9(3)20-15/h5-8H,1-4H3. The van der Waals surface area contributed by atoms with Crippen LogP contribution in [-0.2, 0) is 0 Å². The van der Waals surface area contributed by atoms with Crippen molar-refractivity contribution in [3.05, 3.63) is 40.7 Å². The number of ether oxygens (including phenoxy) is 1. The monoisotopic (exact) mass is 346 g/mol. The van der Waals surface area contributed by atoms with Gasteiger partial charge >= 0.3 is 0 Å². The number of hydrogen-bond acceptors (Lipinski definition) is 5. The molecule has 5 nitrogen and oxygen atoms in total. The normalized spacial score (nSPS) is 11.3. The van der Waals surface area contributed by atoms with E-state index in [2.05, 4.69) is 19.9 Å². The molecule has 0 spiro atoms. The zero-order valence-electron chi connectivity index (χ0n) is 13.8. The molecular weight excluding hydrogens is 331 g/mol. The molecule has 0 saturated heterocycles. The number of aryl methyl sites for hydroxylation is 2. The van der Waals surface area contributed by atoms with Crippen LogP contribution >= 0.6 is 11.6 Å². The van der Waals surface area contributed by atoms with Crippen molar-refractivity contribution in [2.45, 2.75) is 33.8 Å². The summed E-state index contributed by atoms with van der Waals surface area (Å²) >= 11 is 5.98. The molecule has 0 saturated carbocycles. The van der Waals surface area contributed by atoms with Crippen LogP contribution in [0.25, 0.3) is 22.4 Å². The quantitative estimate of drug-likeness (QED) is 0.662. The molecule has 0 amide bonds. The maximum Gasteiger partial charge on any atom is 0.225 e. The molecular formula is C17H16ClFN4O. The Bertz CT molecular complexity index is 930. The van der Waals surface area contributed by atoms with Crippen LogP contribution in [0.4, 0.5) is 4.39 Å². The van der Waals surface area contributed by atoms with E-state index < -0.39 is 5.82 Å². The van der Waals surface area contributed by atoms with Crippen LogP contribution in [0.1, 0.15) is 25.2 Å². The number of nitrogens with zero attached hydrogens (tertiary/aromatic N) is 4. The highest BCUT2D eigenvalue weighted by Crippen LogP contribution is 2.30. The molecule has 0 aliphatic heterocycles. The van der Waals surface area contributed by atoms with Crippen LogP contribution in [0.3, 0.4) is 0 Å². The van der Waals surface area contributed by atoms with Crippen molar-refractivity contribution in [3.8, 4) is 17.0 Å². The fraction of sp³-hybridized carbons (Fsp3) is 0.294. The largest absolute Gasteiger partial charge is 0.491 e. The minimum atomic E-state index is -0.468. The molecule has 124 valence electrons. The number of hydrogen-bond donors (Lipinski definition) is 0. The summed E-state index contributed by atoms with van der Waals surface area (Å²) < 4.78 is 20.1. The van der Waals surface area contributed by atoms with E-state index in [0.29, 0.717) is 22.6 Å². The summed E-state index contributed by atoms with van der Waals surface area (Å²) in [6.07, 6.45) is -0.0407.